The number of aromatic nitrogens is 1. The molecule has 0 aliphatic rings. The number of halogens is 3. The first-order chi connectivity index (χ1) is 13.9. The minimum absolute atomic E-state index is 0.0720. The van der Waals surface area contributed by atoms with Gasteiger partial charge < -0.3 is 10.1 Å². The highest BCUT2D eigenvalue weighted by molar-refractivity contribution is 7.14. The van der Waals surface area contributed by atoms with Gasteiger partial charge in [0.1, 0.15) is 11.6 Å². The fourth-order valence-corrected chi connectivity index (χ4v) is 3.04. The van der Waals surface area contributed by atoms with E-state index >= 15 is 0 Å². The van der Waals surface area contributed by atoms with Crippen molar-refractivity contribution >= 4 is 34.0 Å². The molecule has 2 amide bonds. The van der Waals surface area contributed by atoms with Crippen LogP contribution in [0.3, 0.4) is 0 Å². The van der Waals surface area contributed by atoms with Gasteiger partial charge in [0, 0.05) is 22.7 Å². The maximum atomic E-state index is 12.9. The van der Waals surface area contributed by atoms with Crippen molar-refractivity contribution < 1.29 is 27.5 Å². The highest BCUT2D eigenvalue weighted by atomic mass is 32.1. The van der Waals surface area contributed by atoms with Gasteiger partial charge in [-0.2, -0.15) is 8.78 Å². The summed E-state index contributed by atoms with van der Waals surface area (Å²) in [5.41, 5.74) is 0.988. The number of amides is 2. The van der Waals surface area contributed by atoms with Crippen LogP contribution in [0.15, 0.2) is 53.9 Å². The summed E-state index contributed by atoms with van der Waals surface area (Å²) in [6.07, 6.45) is -0.0805. The van der Waals surface area contributed by atoms with Gasteiger partial charge in [0.25, 0.3) is 5.91 Å². The van der Waals surface area contributed by atoms with E-state index in [4.69, 9.17) is 0 Å². The summed E-state index contributed by atoms with van der Waals surface area (Å²) in [6.45, 7) is -2.96. The van der Waals surface area contributed by atoms with Crippen LogP contribution in [0, 0.1) is 5.82 Å². The molecule has 1 aromatic heterocycles. The summed E-state index contributed by atoms with van der Waals surface area (Å²) in [5, 5.41) is 7.03. The standard InChI is InChI=1S/C19H14F3N3O3S/c20-12-6-4-11(5-7-12)17(27)25-19-24-14(10-29-19)9-16(26)23-13-2-1-3-15(8-13)28-18(21)22/h1-8,10,18H,9H2,(H,23,26)(H,24,25,27). The highest BCUT2D eigenvalue weighted by Gasteiger charge is 2.12. The Balaban J connectivity index is 1.56. The molecule has 0 bridgehead atoms. The lowest BCUT2D eigenvalue weighted by Crippen LogP contribution is -2.15. The van der Waals surface area contributed by atoms with Crippen molar-refractivity contribution in [2.75, 3.05) is 10.6 Å². The van der Waals surface area contributed by atoms with Crippen molar-refractivity contribution in [1.29, 1.82) is 0 Å². The highest BCUT2D eigenvalue weighted by Crippen LogP contribution is 2.20. The number of hydrogen-bond donors (Lipinski definition) is 2. The molecule has 3 aromatic rings. The van der Waals surface area contributed by atoms with E-state index < -0.39 is 24.2 Å². The molecule has 0 saturated carbocycles. The van der Waals surface area contributed by atoms with Crippen molar-refractivity contribution in [2.24, 2.45) is 0 Å². The molecule has 0 aliphatic heterocycles. The van der Waals surface area contributed by atoms with Crippen LogP contribution in [0.1, 0.15) is 16.1 Å². The Labute approximate surface area is 167 Å². The number of carbonyl (C=O) groups is 2. The third-order valence-electron chi connectivity index (χ3n) is 3.56. The molecule has 1 heterocycles. The summed E-state index contributed by atoms with van der Waals surface area (Å²) in [7, 11) is 0. The lowest BCUT2D eigenvalue weighted by atomic mass is 10.2. The minimum atomic E-state index is -2.96. The van der Waals surface area contributed by atoms with E-state index in [2.05, 4.69) is 20.4 Å². The van der Waals surface area contributed by atoms with Gasteiger partial charge in [0.05, 0.1) is 12.1 Å². The second-order valence-corrected chi connectivity index (χ2v) is 6.59. The molecule has 0 atom stereocenters. The van der Waals surface area contributed by atoms with Gasteiger partial charge >= 0.3 is 6.61 Å². The SMILES string of the molecule is O=C(Cc1csc(NC(=O)c2ccc(F)cc2)n1)Nc1cccc(OC(F)F)c1. The Morgan fingerprint density at radius 2 is 1.86 bits per heavy atom. The molecule has 0 fully saturated rings. The van der Waals surface area contributed by atoms with Crippen LogP contribution in [0.4, 0.5) is 24.0 Å². The average Bonchev–Trinajstić information content (AvgIpc) is 3.08. The van der Waals surface area contributed by atoms with Crippen LogP contribution < -0.4 is 15.4 Å². The molecular weight excluding hydrogens is 407 g/mol. The lowest BCUT2D eigenvalue weighted by Gasteiger charge is -2.08. The molecule has 0 spiro atoms. The molecule has 150 valence electrons. The van der Waals surface area contributed by atoms with E-state index in [1.165, 1.54) is 48.5 Å². The topological polar surface area (TPSA) is 80.3 Å². The second-order valence-electron chi connectivity index (χ2n) is 5.74. The third kappa shape index (κ3) is 6.04. The van der Waals surface area contributed by atoms with E-state index in [-0.39, 0.29) is 22.9 Å². The van der Waals surface area contributed by atoms with Crippen LogP contribution in [0.25, 0.3) is 0 Å². The zero-order valence-corrected chi connectivity index (χ0v) is 15.5. The number of carbonyl (C=O) groups excluding carboxylic acids is 2. The van der Waals surface area contributed by atoms with E-state index in [0.717, 1.165) is 11.3 Å². The van der Waals surface area contributed by atoms with Gasteiger partial charge in [-0.3, -0.25) is 14.9 Å². The number of thiazole rings is 1. The van der Waals surface area contributed by atoms with Gasteiger partial charge in [-0.25, -0.2) is 9.37 Å². The minimum Gasteiger partial charge on any atom is -0.435 e. The van der Waals surface area contributed by atoms with E-state index in [1.54, 1.807) is 5.38 Å². The number of anilines is 2. The van der Waals surface area contributed by atoms with Gasteiger partial charge in [-0.15, -0.1) is 11.3 Å². The predicted molar refractivity (Wildman–Crippen MR) is 102 cm³/mol. The lowest BCUT2D eigenvalue weighted by molar-refractivity contribution is -0.115. The van der Waals surface area contributed by atoms with E-state index in [9.17, 15) is 22.8 Å². The Hall–Kier alpha value is -3.40. The van der Waals surface area contributed by atoms with Crippen molar-refractivity contribution in [1.82, 2.24) is 4.98 Å². The number of nitrogens with zero attached hydrogens (tertiary/aromatic N) is 1. The van der Waals surface area contributed by atoms with Crippen LogP contribution >= 0.6 is 11.3 Å². The number of benzene rings is 2. The molecule has 0 aliphatic carbocycles. The Morgan fingerprint density at radius 1 is 1.10 bits per heavy atom. The summed E-state index contributed by atoms with van der Waals surface area (Å²) in [6, 6.07) is 10.7. The fraction of sp³-hybridized carbons (Fsp3) is 0.105. The molecular formula is C19H14F3N3O3S. The zero-order valence-electron chi connectivity index (χ0n) is 14.7. The number of rotatable bonds is 7. The van der Waals surface area contributed by atoms with E-state index in [1.807, 2.05) is 0 Å². The molecule has 6 nitrogen and oxygen atoms in total. The quantitative estimate of drug-likeness (QED) is 0.596. The Morgan fingerprint density at radius 3 is 2.59 bits per heavy atom. The first-order valence-electron chi connectivity index (χ1n) is 8.25. The van der Waals surface area contributed by atoms with Crippen LogP contribution in [-0.2, 0) is 11.2 Å². The molecule has 2 aromatic carbocycles. The monoisotopic (exact) mass is 421 g/mol. The van der Waals surface area contributed by atoms with Crippen LogP contribution in [0.5, 0.6) is 5.75 Å². The second kappa shape index (κ2) is 9.20. The van der Waals surface area contributed by atoms with Crippen molar-refractivity contribution in [2.45, 2.75) is 13.0 Å². The molecule has 3 rings (SSSR count). The van der Waals surface area contributed by atoms with E-state index in [0.29, 0.717) is 11.4 Å². The summed E-state index contributed by atoms with van der Waals surface area (Å²) < 4.78 is 41.7. The van der Waals surface area contributed by atoms with Crippen molar-refractivity contribution in [3.05, 3.63) is 71.0 Å². The molecule has 0 saturated heterocycles. The maximum absolute atomic E-state index is 12.9. The summed E-state index contributed by atoms with van der Waals surface area (Å²) >= 11 is 1.13. The van der Waals surface area contributed by atoms with Crippen LogP contribution in [0.2, 0.25) is 0 Å². The molecule has 0 unspecified atom stereocenters. The predicted octanol–water partition coefficient (Wildman–Crippen LogP) is 4.32. The van der Waals surface area contributed by atoms with Crippen molar-refractivity contribution in [3.8, 4) is 5.75 Å². The molecule has 0 radical (unpaired) electrons. The molecule has 10 heteroatoms. The summed E-state index contributed by atoms with van der Waals surface area (Å²) in [4.78, 5) is 28.4. The van der Waals surface area contributed by atoms with Gasteiger partial charge in [0.15, 0.2) is 5.13 Å². The third-order valence-corrected chi connectivity index (χ3v) is 4.37. The Bertz CT molecular complexity index is 1010. The first-order valence-corrected chi connectivity index (χ1v) is 9.13. The van der Waals surface area contributed by atoms with Gasteiger partial charge in [-0.05, 0) is 36.4 Å². The number of ether oxygens (including phenoxy) is 1. The fourth-order valence-electron chi connectivity index (χ4n) is 2.34. The smallest absolute Gasteiger partial charge is 0.387 e. The van der Waals surface area contributed by atoms with Gasteiger partial charge in [0.2, 0.25) is 5.91 Å². The number of nitrogens with one attached hydrogen (secondary N) is 2. The largest absolute Gasteiger partial charge is 0.435 e. The maximum Gasteiger partial charge on any atom is 0.387 e. The molecule has 2 N–H and O–H groups in total. The normalized spacial score (nSPS) is 10.6. The Kier molecular flexibility index (Phi) is 6.45. The number of alkyl halides is 2. The first kappa shape index (κ1) is 20.3. The van der Waals surface area contributed by atoms with Crippen molar-refractivity contribution in [3.63, 3.8) is 0 Å². The summed E-state index contributed by atoms with van der Waals surface area (Å²) in [5.74, 6) is -1.39. The van der Waals surface area contributed by atoms with Gasteiger partial charge in [-0.1, -0.05) is 6.07 Å². The average molecular weight is 421 g/mol. The van der Waals surface area contributed by atoms with Crippen LogP contribution in [-0.4, -0.2) is 23.4 Å². The zero-order chi connectivity index (χ0) is 20.8. The number of hydrogen-bond acceptors (Lipinski definition) is 5. The molecule has 29 heavy (non-hydrogen) atoms.